The van der Waals surface area contributed by atoms with Crippen LogP contribution in [0.1, 0.15) is 17.7 Å². The first-order valence-corrected chi connectivity index (χ1v) is 3.80. The Morgan fingerprint density at radius 2 is 2.18 bits per heavy atom. The van der Waals surface area contributed by atoms with Crippen molar-refractivity contribution >= 4 is 15.9 Å². The molecular formula is C7H6BrF2N. The number of hydrogen-bond acceptors (Lipinski definition) is 1. The van der Waals surface area contributed by atoms with Crippen molar-refractivity contribution in [1.29, 1.82) is 0 Å². The van der Waals surface area contributed by atoms with Gasteiger partial charge in [-0.2, -0.15) is 0 Å². The molecule has 0 amide bonds. The molecule has 0 aliphatic heterocycles. The highest BCUT2D eigenvalue weighted by Gasteiger charge is 2.08. The summed E-state index contributed by atoms with van der Waals surface area (Å²) < 4.78 is 24.7. The summed E-state index contributed by atoms with van der Waals surface area (Å²) in [6, 6.07) is 1.33. The van der Waals surface area contributed by atoms with E-state index in [0.717, 1.165) is 5.56 Å². The molecule has 60 valence electrons. The Kier molecular flexibility index (Phi) is 2.54. The summed E-state index contributed by atoms with van der Waals surface area (Å²) in [7, 11) is 0. The molecule has 0 atom stereocenters. The molecule has 0 fully saturated rings. The van der Waals surface area contributed by atoms with Crippen molar-refractivity contribution in [1.82, 2.24) is 4.98 Å². The molecule has 11 heavy (non-hydrogen) atoms. The fourth-order valence-corrected chi connectivity index (χ4v) is 0.970. The van der Waals surface area contributed by atoms with Crippen molar-refractivity contribution in [2.45, 2.75) is 13.3 Å². The van der Waals surface area contributed by atoms with Crippen molar-refractivity contribution < 1.29 is 8.78 Å². The molecular weight excluding hydrogens is 216 g/mol. The van der Waals surface area contributed by atoms with Gasteiger partial charge in [-0.3, -0.25) is 4.98 Å². The highest BCUT2D eigenvalue weighted by Crippen LogP contribution is 2.21. The van der Waals surface area contributed by atoms with Crippen LogP contribution >= 0.6 is 15.9 Å². The first-order chi connectivity index (χ1) is 5.11. The highest BCUT2D eigenvalue weighted by atomic mass is 79.9. The van der Waals surface area contributed by atoms with Gasteiger partial charge in [0, 0.05) is 10.7 Å². The van der Waals surface area contributed by atoms with Gasteiger partial charge in [-0.25, -0.2) is 8.78 Å². The number of nitrogens with zero attached hydrogens (tertiary/aromatic N) is 1. The normalized spacial score (nSPS) is 10.6. The van der Waals surface area contributed by atoms with Crippen LogP contribution in [-0.4, -0.2) is 4.98 Å². The van der Waals surface area contributed by atoms with Gasteiger partial charge in [-0.1, -0.05) is 15.9 Å². The Morgan fingerprint density at radius 1 is 1.55 bits per heavy atom. The summed E-state index contributed by atoms with van der Waals surface area (Å²) >= 11 is 3.14. The molecule has 1 nitrogen and oxygen atoms in total. The number of hydrogen-bond donors (Lipinski definition) is 0. The molecule has 1 rings (SSSR count). The van der Waals surface area contributed by atoms with E-state index in [4.69, 9.17) is 0 Å². The molecule has 0 saturated heterocycles. The van der Waals surface area contributed by atoms with E-state index in [-0.39, 0.29) is 5.69 Å². The van der Waals surface area contributed by atoms with E-state index in [0.29, 0.717) is 4.47 Å². The summed E-state index contributed by atoms with van der Waals surface area (Å²) in [5.41, 5.74) is 0.664. The Morgan fingerprint density at radius 3 is 2.64 bits per heavy atom. The minimum Gasteiger partial charge on any atom is -0.255 e. The summed E-state index contributed by atoms with van der Waals surface area (Å²) in [5, 5.41) is 0. The highest BCUT2D eigenvalue weighted by molar-refractivity contribution is 9.10. The van der Waals surface area contributed by atoms with Gasteiger partial charge in [-0.05, 0) is 18.6 Å². The lowest BCUT2D eigenvalue weighted by Crippen LogP contribution is -1.90. The molecule has 0 saturated carbocycles. The van der Waals surface area contributed by atoms with Gasteiger partial charge in [0.05, 0.1) is 0 Å². The van der Waals surface area contributed by atoms with Crippen molar-refractivity contribution in [3.05, 3.63) is 28.0 Å². The number of alkyl halides is 2. The SMILES string of the molecule is Cc1cnc(C(F)F)cc1Br. The van der Waals surface area contributed by atoms with Crippen LogP contribution in [0.4, 0.5) is 8.78 Å². The third kappa shape index (κ3) is 1.96. The predicted molar refractivity (Wildman–Crippen MR) is 41.6 cm³/mol. The predicted octanol–water partition coefficient (Wildman–Crippen LogP) is 3.09. The van der Waals surface area contributed by atoms with Crippen molar-refractivity contribution in [2.24, 2.45) is 0 Å². The fourth-order valence-electron chi connectivity index (χ4n) is 0.633. The third-order valence-electron chi connectivity index (χ3n) is 1.28. The summed E-state index contributed by atoms with van der Waals surface area (Å²) in [6.07, 6.45) is -1.07. The molecule has 0 aliphatic carbocycles. The molecule has 1 aromatic rings. The topological polar surface area (TPSA) is 12.9 Å². The lowest BCUT2D eigenvalue weighted by Gasteiger charge is -2.00. The number of rotatable bonds is 1. The van der Waals surface area contributed by atoms with E-state index in [1.54, 1.807) is 6.92 Å². The Balaban J connectivity index is 3.05. The molecule has 0 radical (unpaired) electrons. The standard InChI is InChI=1S/C7H6BrF2N/c1-4-3-11-6(7(9)10)2-5(4)8/h2-3,7H,1H3. The van der Waals surface area contributed by atoms with Crippen LogP contribution in [0.25, 0.3) is 0 Å². The van der Waals surface area contributed by atoms with Crippen LogP contribution < -0.4 is 0 Å². The molecule has 0 aromatic carbocycles. The van der Waals surface area contributed by atoms with Crippen LogP contribution in [0.5, 0.6) is 0 Å². The van der Waals surface area contributed by atoms with Crippen molar-refractivity contribution in [3.8, 4) is 0 Å². The lowest BCUT2D eigenvalue weighted by atomic mass is 10.3. The molecule has 0 N–H and O–H groups in total. The smallest absolute Gasteiger partial charge is 0.255 e. The second-order valence-electron chi connectivity index (χ2n) is 2.16. The molecule has 1 aromatic heterocycles. The number of aryl methyl sites for hydroxylation is 1. The summed E-state index contributed by atoms with van der Waals surface area (Å²) in [6.45, 7) is 1.80. The lowest BCUT2D eigenvalue weighted by molar-refractivity contribution is 0.146. The van der Waals surface area contributed by atoms with Gasteiger partial charge >= 0.3 is 0 Å². The van der Waals surface area contributed by atoms with Crippen LogP contribution in [0, 0.1) is 6.92 Å². The van der Waals surface area contributed by atoms with E-state index in [1.807, 2.05) is 0 Å². The van der Waals surface area contributed by atoms with E-state index < -0.39 is 6.43 Å². The van der Waals surface area contributed by atoms with E-state index >= 15 is 0 Å². The Bertz CT molecular complexity index is 263. The van der Waals surface area contributed by atoms with Crippen LogP contribution in [0.2, 0.25) is 0 Å². The average molecular weight is 222 g/mol. The van der Waals surface area contributed by atoms with E-state index in [2.05, 4.69) is 20.9 Å². The first kappa shape index (κ1) is 8.59. The van der Waals surface area contributed by atoms with Crippen molar-refractivity contribution in [3.63, 3.8) is 0 Å². The second-order valence-corrected chi connectivity index (χ2v) is 3.01. The molecule has 1 heterocycles. The number of aromatic nitrogens is 1. The van der Waals surface area contributed by atoms with Crippen LogP contribution in [-0.2, 0) is 0 Å². The summed E-state index contributed by atoms with van der Waals surface area (Å²) in [4.78, 5) is 3.56. The minimum absolute atomic E-state index is 0.192. The number of halogens is 3. The van der Waals surface area contributed by atoms with Crippen molar-refractivity contribution in [2.75, 3.05) is 0 Å². The van der Waals surface area contributed by atoms with Gasteiger partial charge in [-0.15, -0.1) is 0 Å². The molecule has 0 unspecified atom stereocenters. The Hall–Kier alpha value is -0.510. The maximum absolute atomic E-state index is 12.0. The minimum atomic E-state index is -2.49. The molecule has 4 heteroatoms. The van der Waals surface area contributed by atoms with E-state index in [1.165, 1.54) is 12.3 Å². The number of pyridine rings is 1. The van der Waals surface area contributed by atoms with E-state index in [9.17, 15) is 8.78 Å². The van der Waals surface area contributed by atoms with Gasteiger partial charge < -0.3 is 0 Å². The Labute approximate surface area is 71.6 Å². The zero-order chi connectivity index (χ0) is 8.43. The van der Waals surface area contributed by atoms with Gasteiger partial charge in [0.15, 0.2) is 0 Å². The van der Waals surface area contributed by atoms with Gasteiger partial charge in [0.25, 0.3) is 6.43 Å². The maximum atomic E-state index is 12.0. The van der Waals surface area contributed by atoms with Crippen LogP contribution in [0.3, 0.4) is 0 Å². The zero-order valence-electron chi connectivity index (χ0n) is 5.81. The van der Waals surface area contributed by atoms with Crippen LogP contribution in [0.15, 0.2) is 16.7 Å². The first-order valence-electron chi connectivity index (χ1n) is 3.01. The molecule has 0 bridgehead atoms. The van der Waals surface area contributed by atoms with Gasteiger partial charge in [0.2, 0.25) is 0 Å². The quantitative estimate of drug-likeness (QED) is 0.711. The fraction of sp³-hybridized carbons (Fsp3) is 0.286. The average Bonchev–Trinajstić information content (AvgIpc) is 1.94. The third-order valence-corrected chi connectivity index (χ3v) is 2.14. The zero-order valence-corrected chi connectivity index (χ0v) is 7.40. The second kappa shape index (κ2) is 3.26. The molecule has 0 aliphatic rings. The largest absolute Gasteiger partial charge is 0.280 e. The molecule has 0 spiro atoms. The monoisotopic (exact) mass is 221 g/mol. The summed E-state index contributed by atoms with van der Waals surface area (Å²) in [5.74, 6) is 0. The van der Waals surface area contributed by atoms with Gasteiger partial charge in [0.1, 0.15) is 5.69 Å². The maximum Gasteiger partial charge on any atom is 0.280 e.